The quantitative estimate of drug-likeness (QED) is 0.774. The van der Waals surface area contributed by atoms with Gasteiger partial charge in [-0.1, -0.05) is 6.92 Å². The predicted molar refractivity (Wildman–Crippen MR) is 59.5 cm³/mol. The second-order valence-corrected chi connectivity index (χ2v) is 3.28. The summed E-state index contributed by atoms with van der Waals surface area (Å²) in [5.74, 6) is 0.757. The first-order chi connectivity index (χ1) is 7.27. The SMILES string of the molecule is CCNCc1ccnc(C(C)OCC)n1. The van der Waals surface area contributed by atoms with Crippen molar-refractivity contribution in [1.82, 2.24) is 15.3 Å². The van der Waals surface area contributed by atoms with Crippen LogP contribution in [0.5, 0.6) is 0 Å². The monoisotopic (exact) mass is 209 g/mol. The summed E-state index contributed by atoms with van der Waals surface area (Å²) in [7, 11) is 0. The van der Waals surface area contributed by atoms with E-state index in [-0.39, 0.29) is 6.10 Å². The van der Waals surface area contributed by atoms with Gasteiger partial charge in [0.25, 0.3) is 0 Å². The van der Waals surface area contributed by atoms with Crippen LogP contribution in [0.3, 0.4) is 0 Å². The van der Waals surface area contributed by atoms with E-state index in [1.807, 2.05) is 19.9 Å². The summed E-state index contributed by atoms with van der Waals surface area (Å²) in [6.07, 6.45) is 1.75. The van der Waals surface area contributed by atoms with Crippen molar-refractivity contribution in [2.45, 2.75) is 33.4 Å². The van der Waals surface area contributed by atoms with Crippen molar-refractivity contribution in [3.8, 4) is 0 Å². The lowest BCUT2D eigenvalue weighted by atomic mass is 10.3. The molecule has 0 aliphatic carbocycles. The molecule has 0 aromatic carbocycles. The standard InChI is InChI=1S/C11H19N3O/c1-4-12-8-10-6-7-13-11(14-10)9(3)15-5-2/h6-7,9,12H,4-5,8H2,1-3H3. The first kappa shape index (κ1) is 12.1. The van der Waals surface area contributed by atoms with E-state index in [9.17, 15) is 0 Å². The van der Waals surface area contributed by atoms with Gasteiger partial charge in [-0.05, 0) is 26.5 Å². The van der Waals surface area contributed by atoms with Crippen molar-refractivity contribution >= 4 is 0 Å². The molecule has 0 saturated heterocycles. The zero-order chi connectivity index (χ0) is 11.1. The number of nitrogens with one attached hydrogen (secondary N) is 1. The molecule has 0 aliphatic heterocycles. The van der Waals surface area contributed by atoms with Crippen LogP contribution >= 0.6 is 0 Å². The predicted octanol–water partition coefficient (Wildman–Crippen LogP) is 1.68. The van der Waals surface area contributed by atoms with Crippen LogP contribution in [0, 0.1) is 0 Å². The minimum Gasteiger partial charge on any atom is -0.371 e. The molecule has 0 fully saturated rings. The van der Waals surface area contributed by atoms with E-state index in [0.29, 0.717) is 6.61 Å². The van der Waals surface area contributed by atoms with Gasteiger partial charge >= 0.3 is 0 Å². The molecule has 1 aromatic rings. The zero-order valence-corrected chi connectivity index (χ0v) is 9.66. The van der Waals surface area contributed by atoms with Gasteiger partial charge in [-0.2, -0.15) is 0 Å². The van der Waals surface area contributed by atoms with Gasteiger partial charge in [0.1, 0.15) is 6.10 Å². The van der Waals surface area contributed by atoms with E-state index in [1.54, 1.807) is 6.20 Å². The van der Waals surface area contributed by atoms with Gasteiger partial charge in [0.05, 0.1) is 5.69 Å². The Morgan fingerprint density at radius 3 is 2.93 bits per heavy atom. The van der Waals surface area contributed by atoms with Gasteiger partial charge in [-0.25, -0.2) is 9.97 Å². The van der Waals surface area contributed by atoms with Crippen LogP contribution in [0.1, 0.15) is 38.4 Å². The Kier molecular flexibility index (Phi) is 5.21. The number of ether oxygens (including phenoxy) is 1. The molecule has 0 saturated carbocycles. The smallest absolute Gasteiger partial charge is 0.157 e. The maximum absolute atomic E-state index is 5.44. The first-order valence-electron chi connectivity index (χ1n) is 5.42. The number of hydrogen-bond acceptors (Lipinski definition) is 4. The third kappa shape index (κ3) is 3.93. The number of nitrogens with zero attached hydrogens (tertiary/aromatic N) is 2. The lowest BCUT2D eigenvalue weighted by molar-refractivity contribution is 0.0698. The fraction of sp³-hybridized carbons (Fsp3) is 0.636. The Morgan fingerprint density at radius 1 is 1.47 bits per heavy atom. The van der Waals surface area contributed by atoms with Gasteiger partial charge in [0.2, 0.25) is 0 Å². The Morgan fingerprint density at radius 2 is 2.27 bits per heavy atom. The van der Waals surface area contributed by atoms with Crippen molar-refractivity contribution in [3.63, 3.8) is 0 Å². The Hall–Kier alpha value is -1.00. The molecule has 1 rings (SSSR count). The van der Waals surface area contributed by atoms with Crippen LogP contribution in [0.15, 0.2) is 12.3 Å². The third-order valence-corrected chi connectivity index (χ3v) is 2.07. The van der Waals surface area contributed by atoms with E-state index >= 15 is 0 Å². The fourth-order valence-corrected chi connectivity index (χ4v) is 1.28. The summed E-state index contributed by atoms with van der Waals surface area (Å²) in [5.41, 5.74) is 1.01. The molecule has 0 radical (unpaired) electrons. The fourth-order valence-electron chi connectivity index (χ4n) is 1.28. The normalized spacial score (nSPS) is 12.7. The second-order valence-electron chi connectivity index (χ2n) is 3.28. The number of aromatic nitrogens is 2. The van der Waals surface area contributed by atoms with Crippen LogP contribution in [0.4, 0.5) is 0 Å². The van der Waals surface area contributed by atoms with E-state index in [4.69, 9.17) is 4.74 Å². The van der Waals surface area contributed by atoms with Crippen molar-refractivity contribution in [3.05, 3.63) is 23.8 Å². The molecule has 1 unspecified atom stereocenters. The molecule has 1 N–H and O–H groups in total. The topological polar surface area (TPSA) is 47.0 Å². The molecule has 1 heterocycles. The maximum Gasteiger partial charge on any atom is 0.157 e. The van der Waals surface area contributed by atoms with Crippen molar-refractivity contribution in [2.75, 3.05) is 13.2 Å². The summed E-state index contributed by atoms with van der Waals surface area (Å²) >= 11 is 0. The lowest BCUT2D eigenvalue weighted by Crippen LogP contribution is -2.14. The molecular formula is C11H19N3O. The van der Waals surface area contributed by atoms with E-state index in [2.05, 4.69) is 22.2 Å². The Bertz CT molecular complexity index is 291. The summed E-state index contributed by atoms with van der Waals surface area (Å²) < 4.78 is 5.44. The Balaban J connectivity index is 2.64. The van der Waals surface area contributed by atoms with Gasteiger partial charge in [-0.3, -0.25) is 0 Å². The van der Waals surface area contributed by atoms with Gasteiger partial charge in [0.15, 0.2) is 5.82 Å². The van der Waals surface area contributed by atoms with Crippen LogP contribution in [0.2, 0.25) is 0 Å². The van der Waals surface area contributed by atoms with Crippen LogP contribution < -0.4 is 5.32 Å². The summed E-state index contributed by atoms with van der Waals surface area (Å²) in [5, 5.41) is 3.23. The molecular weight excluding hydrogens is 190 g/mol. The highest BCUT2D eigenvalue weighted by molar-refractivity contribution is 5.03. The largest absolute Gasteiger partial charge is 0.371 e. The van der Waals surface area contributed by atoms with E-state index in [0.717, 1.165) is 24.6 Å². The van der Waals surface area contributed by atoms with Crippen molar-refractivity contribution in [1.29, 1.82) is 0 Å². The summed E-state index contributed by atoms with van der Waals surface area (Å²) in [6, 6.07) is 1.92. The molecule has 0 amide bonds. The zero-order valence-electron chi connectivity index (χ0n) is 9.66. The minimum absolute atomic E-state index is 0.0309. The highest BCUT2D eigenvalue weighted by Crippen LogP contribution is 2.11. The molecule has 1 atom stereocenters. The molecule has 1 aromatic heterocycles. The minimum atomic E-state index is -0.0309. The van der Waals surface area contributed by atoms with Crippen LogP contribution in [-0.2, 0) is 11.3 Å². The molecule has 0 aliphatic rings. The van der Waals surface area contributed by atoms with Gasteiger partial charge in [0, 0.05) is 19.3 Å². The van der Waals surface area contributed by atoms with Gasteiger partial charge < -0.3 is 10.1 Å². The van der Waals surface area contributed by atoms with Gasteiger partial charge in [-0.15, -0.1) is 0 Å². The highest BCUT2D eigenvalue weighted by Gasteiger charge is 2.08. The molecule has 4 nitrogen and oxygen atoms in total. The van der Waals surface area contributed by atoms with Crippen LogP contribution in [-0.4, -0.2) is 23.1 Å². The molecule has 0 bridgehead atoms. The average molecular weight is 209 g/mol. The number of rotatable bonds is 6. The van der Waals surface area contributed by atoms with Crippen molar-refractivity contribution < 1.29 is 4.74 Å². The highest BCUT2D eigenvalue weighted by atomic mass is 16.5. The molecule has 15 heavy (non-hydrogen) atoms. The molecule has 84 valence electrons. The molecule has 4 heteroatoms. The van der Waals surface area contributed by atoms with Crippen molar-refractivity contribution in [2.24, 2.45) is 0 Å². The third-order valence-electron chi connectivity index (χ3n) is 2.07. The van der Waals surface area contributed by atoms with Crippen LogP contribution in [0.25, 0.3) is 0 Å². The van der Waals surface area contributed by atoms with E-state index in [1.165, 1.54) is 0 Å². The summed E-state index contributed by atoms with van der Waals surface area (Å²) in [6.45, 7) is 8.42. The lowest BCUT2D eigenvalue weighted by Gasteiger charge is -2.10. The first-order valence-corrected chi connectivity index (χ1v) is 5.42. The van der Waals surface area contributed by atoms with E-state index < -0.39 is 0 Å². The Labute approximate surface area is 91.1 Å². The maximum atomic E-state index is 5.44. The summed E-state index contributed by atoms with van der Waals surface area (Å²) in [4.78, 5) is 8.63. The molecule has 0 spiro atoms. The average Bonchev–Trinajstić information content (AvgIpc) is 2.27. The number of hydrogen-bond donors (Lipinski definition) is 1. The second kappa shape index (κ2) is 6.48.